The number of hydrogen-bond acceptors (Lipinski definition) is 4. The second-order valence-electron chi connectivity index (χ2n) is 4.14. The van der Waals surface area contributed by atoms with Crippen LogP contribution in [0.15, 0.2) is 42.7 Å². The summed E-state index contributed by atoms with van der Waals surface area (Å²) in [6.07, 6.45) is 3.19. The van der Waals surface area contributed by atoms with Crippen LogP contribution in [0.2, 0.25) is 0 Å². The third-order valence-corrected chi connectivity index (χ3v) is 2.72. The van der Waals surface area contributed by atoms with Crippen LogP contribution in [0, 0.1) is 0 Å². The molecule has 1 amide bonds. The van der Waals surface area contributed by atoms with Crippen molar-refractivity contribution in [3.05, 3.63) is 53.9 Å². The molecule has 20 heavy (non-hydrogen) atoms. The molecule has 2 N–H and O–H groups in total. The number of amides is 1. The smallest absolute Gasteiger partial charge is 0.303 e. The van der Waals surface area contributed by atoms with E-state index in [9.17, 15) is 9.59 Å². The Balaban J connectivity index is 2.13. The lowest BCUT2D eigenvalue weighted by molar-refractivity contribution is -0.136. The highest BCUT2D eigenvalue weighted by Gasteiger charge is 2.09. The van der Waals surface area contributed by atoms with Gasteiger partial charge < -0.3 is 10.4 Å². The van der Waals surface area contributed by atoms with Gasteiger partial charge in [0.05, 0.1) is 18.0 Å². The van der Waals surface area contributed by atoms with Gasteiger partial charge in [0.15, 0.2) is 0 Å². The van der Waals surface area contributed by atoms with E-state index in [1.807, 2.05) is 0 Å². The number of carboxylic acids is 1. The van der Waals surface area contributed by atoms with Crippen LogP contribution in [0.1, 0.15) is 22.3 Å². The zero-order valence-corrected chi connectivity index (χ0v) is 10.6. The molecule has 0 aliphatic carbocycles. The number of carboxylic acid groups (broad SMARTS) is 1. The Kier molecular flexibility index (Phi) is 4.39. The lowest BCUT2D eigenvalue weighted by atomic mass is 10.1. The van der Waals surface area contributed by atoms with E-state index >= 15 is 0 Å². The Morgan fingerprint density at radius 3 is 2.65 bits per heavy atom. The van der Waals surface area contributed by atoms with Gasteiger partial charge in [-0.05, 0) is 24.1 Å². The van der Waals surface area contributed by atoms with Gasteiger partial charge in [0.1, 0.15) is 0 Å². The van der Waals surface area contributed by atoms with E-state index in [2.05, 4.69) is 15.5 Å². The van der Waals surface area contributed by atoms with E-state index in [1.54, 1.807) is 30.3 Å². The van der Waals surface area contributed by atoms with Gasteiger partial charge in [-0.2, -0.15) is 10.2 Å². The second-order valence-corrected chi connectivity index (χ2v) is 4.14. The molecule has 0 unspecified atom stereocenters. The van der Waals surface area contributed by atoms with Crippen molar-refractivity contribution in [1.29, 1.82) is 0 Å². The maximum absolute atomic E-state index is 12.0. The third-order valence-electron chi connectivity index (χ3n) is 2.72. The largest absolute Gasteiger partial charge is 0.481 e. The molecule has 0 aliphatic rings. The van der Waals surface area contributed by atoms with E-state index in [4.69, 9.17) is 5.11 Å². The van der Waals surface area contributed by atoms with Crippen LogP contribution in [-0.2, 0) is 11.2 Å². The summed E-state index contributed by atoms with van der Waals surface area (Å²) < 4.78 is 0. The first-order valence-corrected chi connectivity index (χ1v) is 6.04. The summed E-state index contributed by atoms with van der Waals surface area (Å²) in [5.74, 6) is -1.17. The first kappa shape index (κ1) is 13.7. The Morgan fingerprint density at radius 2 is 1.95 bits per heavy atom. The number of para-hydroxylation sites is 1. The first-order chi connectivity index (χ1) is 9.66. The summed E-state index contributed by atoms with van der Waals surface area (Å²) in [6, 6.07) is 8.68. The van der Waals surface area contributed by atoms with Crippen molar-refractivity contribution in [2.24, 2.45) is 0 Å². The summed E-state index contributed by atoms with van der Waals surface area (Å²) in [5, 5.41) is 18.7. The summed E-state index contributed by atoms with van der Waals surface area (Å²) in [4.78, 5) is 22.6. The number of nitrogens with one attached hydrogen (secondary N) is 1. The van der Waals surface area contributed by atoms with Crippen LogP contribution in [0.5, 0.6) is 0 Å². The fraction of sp³-hybridized carbons (Fsp3) is 0.143. The molecule has 2 rings (SSSR count). The van der Waals surface area contributed by atoms with Gasteiger partial charge in [0.2, 0.25) is 0 Å². The molecule has 0 spiro atoms. The molecule has 0 radical (unpaired) electrons. The molecule has 102 valence electrons. The average molecular weight is 271 g/mol. The monoisotopic (exact) mass is 271 g/mol. The van der Waals surface area contributed by atoms with E-state index in [-0.39, 0.29) is 12.3 Å². The number of rotatable bonds is 5. The Morgan fingerprint density at radius 1 is 1.15 bits per heavy atom. The third kappa shape index (κ3) is 3.61. The predicted molar refractivity (Wildman–Crippen MR) is 72.4 cm³/mol. The van der Waals surface area contributed by atoms with Gasteiger partial charge in [0.25, 0.3) is 5.91 Å². The van der Waals surface area contributed by atoms with Crippen LogP contribution >= 0.6 is 0 Å². The number of nitrogens with zero attached hydrogens (tertiary/aromatic N) is 2. The van der Waals surface area contributed by atoms with E-state index in [0.29, 0.717) is 17.7 Å². The SMILES string of the molecule is O=C(O)CCc1ccccc1NC(=O)c1ccnnc1. The molecule has 0 fully saturated rings. The molecular weight excluding hydrogens is 258 g/mol. The second kappa shape index (κ2) is 6.42. The lowest BCUT2D eigenvalue weighted by Gasteiger charge is -2.10. The number of benzene rings is 1. The summed E-state index contributed by atoms with van der Waals surface area (Å²) in [6.45, 7) is 0. The van der Waals surface area contributed by atoms with Crippen LogP contribution in [-0.4, -0.2) is 27.2 Å². The molecule has 0 atom stereocenters. The molecule has 6 heteroatoms. The highest BCUT2D eigenvalue weighted by atomic mass is 16.4. The van der Waals surface area contributed by atoms with Gasteiger partial charge in [0, 0.05) is 12.1 Å². The van der Waals surface area contributed by atoms with Crippen molar-refractivity contribution < 1.29 is 14.7 Å². The number of anilines is 1. The number of aromatic nitrogens is 2. The number of carbonyl (C=O) groups excluding carboxylic acids is 1. The van der Waals surface area contributed by atoms with Gasteiger partial charge in [-0.25, -0.2) is 0 Å². The highest BCUT2D eigenvalue weighted by molar-refractivity contribution is 6.04. The van der Waals surface area contributed by atoms with Crippen LogP contribution in [0.3, 0.4) is 0 Å². The molecule has 0 saturated heterocycles. The van der Waals surface area contributed by atoms with Gasteiger partial charge in [-0.1, -0.05) is 18.2 Å². The van der Waals surface area contributed by atoms with Crippen LogP contribution < -0.4 is 5.32 Å². The lowest BCUT2D eigenvalue weighted by Crippen LogP contribution is -2.14. The van der Waals surface area contributed by atoms with E-state index in [0.717, 1.165) is 5.56 Å². The maximum Gasteiger partial charge on any atom is 0.303 e. The standard InChI is InChI=1S/C14H13N3O3/c18-13(19)6-5-10-3-1-2-4-12(10)17-14(20)11-7-8-15-16-9-11/h1-4,7-9H,5-6H2,(H,17,20)(H,18,19). The number of aryl methyl sites for hydroxylation is 1. The minimum absolute atomic E-state index is 0.0176. The quantitative estimate of drug-likeness (QED) is 0.864. The van der Waals surface area contributed by atoms with Crippen LogP contribution in [0.25, 0.3) is 0 Å². The van der Waals surface area contributed by atoms with Crippen molar-refractivity contribution in [3.63, 3.8) is 0 Å². The van der Waals surface area contributed by atoms with Crippen molar-refractivity contribution in [1.82, 2.24) is 10.2 Å². The Hall–Kier alpha value is -2.76. The maximum atomic E-state index is 12.0. The Labute approximate surface area is 115 Å². The molecule has 1 aromatic carbocycles. The number of aliphatic carboxylic acids is 1. The molecule has 1 aromatic heterocycles. The average Bonchev–Trinajstić information content (AvgIpc) is 2.47. The van der Waals surface area contributed by atoms with Gasteiger partial charge >= 0.3 is 5.97 Å². The molecule has 6 nitrogen and oxygen atoms in total. The minimum Gasteiger partial charge on any atom is -0.481 e. The highest BCUT2D eigenvalue weighted by Crippen LogP contribution is 2.17. The predicted octanol–water partition coefficient (Wildman–Crippen LogP) is 1.75. The van der Waals surface area contributed by atoms with E-state index in [1.165, 1.54) is 12.4 Å². The summed E-state index contributed by atoms with van der Waals surface area (Å²) >= 11 is 0. The Bertz CT molecular complexity index is 614. The minimum atomic E-state index is -0.871. The van der Waals surface area contributed by atoms with Crippen molar-refractivity contribution in [3.8, 4) is 0 Å². The fourth-order valence-corrected chi connectivity index (χ4v) is 1.72. The molecule has 0 aliphatic heterocycles. The normalized spacial score (nSPS) is 10.0. The van der Waals surface area contributed by atoms with Crippen molar-refractivity contribution in [2.45, 2.75) is 12.8 Å². The summed E-state index contributed by atoms with van der Waals surface area (Å²) in [7, 11) is 0. The summed E-state index contributed by atoms with van der Waals surface area (Å²) in [5.41, 5.74) is 1.79. The fourth-order valence-electron chi connectivity index (χ4n) is 1.72. The molecule has 2 aromatic rings. The molecule has 0 saturated carbocycles. The zero-order chi connectivity index (χ0) is 14.4. The molecular formula is C14H13N3O3. The number of hydrogen-bond donors (Lipinski definition) is 2. The first-order valence-electron chi connectivity index (χ1n) is 6.04. The number of carbonyl (C=O) groups is 2. The molecule has 1 heterocycles. The van der Waals surface area contributed by atoms with Crippen LogP contribution in [0.4, 0.5) is 5.69 Å². The van der Waals surface area contributed by atoms with Gasteiger partial charge in [-0.3, -0.25) is 9.59 Å². The topological polar surface area (TPSA) is 92.2 Å². The zero-order valence-electron chi connectivity index (χ0n) is 10.6. The van der Waals surface area contributed by atoms with Crippen molar-refractivity contribution in [2.75, 3.05) is 5.32 Å². The van der Waals surface area contributed by atoms with E-state index < -0.39 is 5.97 Å². The van der Waals surface area contributed by atoms with Gasteiger partial charge in [-0.15, -0.1) is 0 Å². The molecule has 0 bridgehead atoms. The van der Waals surface area contributed by atoms with Crippen molar-refractivity contribution >= 4 is 17.6 Å².